The predicted molar refractivity (Wildman–Crippen MR) is 145 cm³/mol. The lowest BCUT2D eigenvalue weighted by Gasteiger charge is -2.32. The molecule has 1 saturated carbocycles. The molecule has 1 fully saturated rings. The molecule has 1 atom stereocenters. The zero-order valence-corrected chi connectivity index (χ0v) is 22.1. The predicted octanol–water partition coefficient (Wildman–Crippen LogP) is 5.83. The van der Waals surface area contributed by atoms with Crippen LogP contribution in [0.5, 0.6) is 0 Å². The summed E-state index contributed by atoms with van der Waals surface area (Å²) in [6.07, 6.45) is 1.88. The minimum Gasteiger partial charge on any atom is -0.375 e. The van der Waals surface area contributed by atoms with Crippen LogP contribution >= 0.6 is 11.6 Å². The smallest absolute Gasteiger partial charge is 0.281 e. The van der Waals surface area contributed by atoms with E-state index < -0.39 is 23.6 Å². The van der Waals surface area contributed by atoms with Gasteiger partial charge in [-0.3, -0.25) is 14.6 Å². The fourth-order valence-electron chi connectivity index (χ4n) is 5.72. The number of halogens is 3. The van der Waals surface area contributed by atoms with E-state index in [4.69, 9.17) is 11.6 Å². The number of alkyl halides is 2. The molecule has 39 heavy (non-hydrogen) atoms. The van der Waals surface area contributed by atoms with Crippen LogP contribution < -0.4 is 10.2 Å². The summed E-state index contributed by atoms with van der Waals surface area (Å²) < 4.78 is 26.7. The van der Waals surface area contributed by atoms with E-state index >= 15 is 0 Å². The number of anilines is 1. The lowest BCUT2D eigenvalue weighted by Crippen LogP contribution is -2.44. The van der Waals surface area contributed by atoms with Gasteiger partial charge in [-0.15, -0.1) is 0 Å². The Hall–Kier alpha value is -3.36. The van der Waals surface area contributed by atoms with Gasteiger partial charge >= 0.3 is 0 Å². The molecule has 0 radical (unpaired) electrons. The van der Waals surface area contributed by atoms with Crippen molar-refractivity contribution in [3.63, 3.8) is 0 Å². The number of para-hydroxylation sites is 1. The first-order chi connectivity index (χ1) is 18.8. The third kappa shape index (κ3) is 5.68. The van der Waals surface area contributed by atoms with Gasteiger partial charge in [0.2, 0.25) is 0 Å². The minimum atomic E-state index is -2.88. The van der Waals surface area contributed by atoms with Crippen molar-refractivity contribution >= 4 is 29.1 Å². The summed E-state index contributed by atoms with van der Waals surface area (Å²) in [4.78, 5) is 31.7. The van der Waals surface area contributed by atoms with Crippen molar-refractivity contribution in [2.45, 2.75) is 56.6 Å². The molecule has 0 bridgehead atoms. The summed E-state index contributed by atoms with van der Waals surface area (Å²) in [7, 11) is 0. The van der Waals surface area contributed by atoms with Gasteiger partial charge in [0.25, 0.3) is 18.2 Å². The number of benzene rings is 2. The molecule has 6 nitrogen and oxygen atoms in total. The first kappa shape index (κ1) is 27.2. The van der Waals surface area contributed by atoms with Gasteiger partial charge in [0.15, 0.2) is 5.60 Å². The normalized spacial score (nSPS) is 22.7. The molecule has 2 aliphatic rings. The van der Waals surface area contributed by atoms with Crippen molar-refractivity contribution in [2.75, 3.05) is 11.4 Å². The van der Waals surface area contributed by atoms with Crippen molar-refractivity contribution in [2.24, 2.45) is 5.92 Å². The van der Waals surface area contributed by atoms with E-state index in [1.165, 1.54) is 6.07 Å². The Balaban J connectivity index is 1.22. The van der Waals surface area contributed by atoms with E-state index in [9.17, 15) is 23.5 Å². The molecule has 2 N–H and O–H groups in total. The highest BCUT2D eigenvalue weighted by molar-refractivity contribution is 6.30. The van der Waals surface area contributed by atoms with Crippen LogP contribution in [0.4, 0.5) is 14.5 Å². The van der Waals surface area contributed by atoms with Gasteiger partial charge in [0, 0.05) is 24.3 Å². The topological polar surface area (TPSA) is 82.5 Å². The van der Waals surface area contributed by atoms with Crippen molar-refractivity contribution in [3.8, 4) is 0 Å². The summed E-state index contributed by atoms with van der Waals surface area (Å²) >= 11 is 5.89. The second-order valence-electron chi connectivity index (χ2n) is 10.4. The number of hydrogen-bond acceptors (Lipinski definition) is 4. The molecule has 1 aliphatic heterocycles. The standard InChI is InChI=1S/C30H30ClF2N3O3/c31-21-16-23(26(27(32)33)34-17-21)28(37)35-22-12-10-20(11-13-22)18-36-25-9-5-4-8-24(25)30(39,29(36)38)15-14-19-6-2-1-3-7-19/h1-9,16-17,20,22,27,39H,10-15,18H2,(H,35,37)/t20-,22-,30?. The molecule has 1 aromatic heterocycles. The Labute approximate surface area is 231 Å². The van der Waals surface area contributed by atoms with Crippen LogP contribution in [0.25, 0.3) is 0 Å². The highest BCUT2D eigenvalue weighted by Crippen LogP contribution is 2.44. The zero-order chi connectivity index (χ0) is 27.6. The second-order valence-corrected chi connectivity index (χ2v) is 10.8. The van der Waals surface area contributed by atoms with E-state index in [-0.39, 0.29) is 28.5 Å². The van der Waals surface area contributed by atoms with Gasteiger partial charge in [-0.2, -0.15) is 0 Å². The molecule has 204 valence electrons. The number of rotatable bonds is 8. The van der Waals surface area contributed by atoms with E-state index in [0.717, 1.165) is 30.3 Å². The quantitative estimate of drug-likeness (QED) is 0.368. The van der Waals surface area contributed by atoms with Crippen LogP contribution in [0.1, 0.15) is 65.7 Å². The first-order valence-electron chi connectivity index (χ1n) is 13.2. The van der Waals surface area contributed by atoms with Crippen molar-refractivity contribution in [1.82, 2.24) is 10.3 Å². The zero-order valence-electron chi connectivity index (χ0n) is 21.3. The monoisotopic (exact) mass is 553 g/mol. The Bertz CT molecular complexity index is 1350. The number of carbonyl (C=O) groups is 2. The third-order valence-electron chi connectivity index (χ3n) is 7.82. The molecule has 0 saturated heterocycles. The van der Waals surface area contributed by atoms with Gasteiger partial charge in [0.1, 0.15) is 5.69 Å². The van der Waals surface area contributed by atoms with Crippen molar-refractivity contribution in [3.05, 3.63) is 94.3 Å². The summed E-state index contributed by atoms with van der Waals surface area (Å²) in [5, 5.41) is 14.6. The number of nitrogens with zero attached hydrogens (tertiary/aromatic N) is 2. The van der Waals surface area contributed by atoms with Crippen LogP contribution in [-0.2, 0) is 16.8 Å². The maximum absolute atomic E-state index is 13.6. The molecule has 5 rings (SSSR count). The van der Waals surface area contributed by atoms with Gasteiger partial charge < -0.3 is 15.3 Å². The number of nitrogens with one attached hydrogen (secondary N) is 1. The average Bonchev–Trinajstić information content (AvgIpc) is 3.15. The summed E-state index contributed by atoms with van der Waals surface area (Å²) in [5.41, 5.74) is 0.0539. The van der Waals surface area contributed by atoms with E-state index in [1.54, 1.807) is 4.90 Å². The molecule has 2 heterocycles. The molecule has 3 aromatic rings. The van der Waals surface area contributed by atoms with Crippen LogP contribution in [0, 0.1) is 5.92 Å². The number of hydrogen-bond donors (Lipinski definition) is 2. The Morgan fingerprint density at radius 3 is 2.51 bits per heavy atom. The van der Waals surface area contributed by atoms with Gasteiger partial charge in [-0.25, -0.2) is 8.78 Å². The Morgan fingerprint density at radius 2 is 1.79 bits per heavy atom. The average molecular weight is 554 g/mol. The van der Waals surface area contributed by atoms with Crippen molar-refractivity contribution < 1.29 is 23.5 Å². The number of pyridine rings is 1. The largest absolute Gasteiger partial charge is 0.375 e. The number of aryl methyl sites for hydroxylation is 1. The molecule has 9 heteroatoms. The highest BCUT2D eigenvalue weighted by Gasteiger charge is 2.49. The first-order valence-corrected chi connectivity index (χ1v) is 13.6. The second kappa shape index (κ2) is 11.4. The molecule has 2 amide bonds. The molecular formula is C30H30ClF2N3O3. The fraction of sp³-hybridized carbons (Fsp3) is 0.367. The Kier molecular flexibility index (Phi) is 7.96. The summed E-state index contributed by atoms with van der Waals surface area (Å²) in [5.74, 6) is -0.741. The lowest BCUT2D eigenvalue weighted by molar-refractivity contribution is -0.136. The number of aliphatic hydroxyl groups is 1. The number of fused-ring (bicyclic) bond motifs is 1. The van der Waals surface area contributed by atoms with Crippen molar-refractivity contribution in [1.29, 1.82) is 0 Å². The molecule has 1 aliphatic carbocycles. The fourth-order valence-corrected chi connectivity index (χ4v) is 5.87. The summed E-state index contributed by atoms with van der Waals surface area (Å²) in [6, 6.07) is 18.2. The number of amides is 2. The molecule has 2 aromatic carbocycles. The maximum Gasteiger partial charge on any atom is 0.281 e. The summed E-state index contributed by atoms with van der Waals surface area (Å²) in [6.45, 7) is 0.470. The number of aromatic nitrogens is 1. The van der Waals surface area contributed by atoms with Gasteiger partial charge in [-0.1, -0.05) is 60.1 Å². The third-order valence-corrected chi connectivity index (χ3v) is 8.02. The lowest BCUT2D eigenvalue weighted by atomic mass is 9.85. The molecule has 0 spiro atoms. The minimum absolute atomic E-state index is 0.118. The van der Waals surface area contributed by atoms with Gasteiger partial charge in [-0.05, 0) is 62.1 Å². The molecular weight excluding hydrogens is 524 g/mol. The van der Waals surface area contributed by atoms with Crippen LogP contribution in [-0.4, -0.2) is 34.5 Å². The maximum atomic E-state index is 13.6. The van der Waals surface area contributed by atoms with E-state index in [1.807, 2.05) is 54.6 Å². The highest BCUT2D eigenvalue weighted by atomic mass is 35.5. The number of carbonyl (C=O) groups excluding carboxylic acids is 2. The van der Waals surface area contributed by atoms with Crippen LogP contribution in [0.2, 0.25) is 5.02 Å². The van der Waals surface area contributed by atoms with Gasteiger partial charge in [0.05, 0.1) is 16.3 Å². The van der Waals surface area contributed by atoms with E-state index in [0.29, 0.717) is 37.8 Å². The van der Waals surface area contributed by atoms with Crippen LogP contribution in [0.15, 0.2) is 66.9 Å². The van der Waals surface area contributed by atoms with E-state index in [2.05, 4.69) is 10.3 Å². The SMILES string of the molecule is O=C(N[C@H]1CC[C@H](CN2C(=O)C(O)(CCc3ccccc3)c3ccccc32)CC1)c1cc(Cl)cnc1C(F)F. The van der Waals surface area contributed by atoms with Crippen LogP contribution in [0.3, 0.4) is 0 Å². The Morgan fingerprint density at radius 1 is 1.10 bits per heavy atom. The molecule has 1 unspecified atom stereocenters.